The van der Waals surface area contributed by atoms with Gasteiger partial charge in [-0.1, -0.05) is 36.6 Å². The first-order valence-corrected chi connectivity index (χ1v) is 8.24. The van der Waals surface area contributed by atoms with Crippen molar-refractivity contribution in [2.75, 3.05) is 6.54 Å². The molecule has 2 aromatic rings. The molecule has 0 aliphatic carbocycles. The third kappa shape index (κ3) is 5.14. The number of hydrogen-bond acceptors (Lipinski definition) is 4. The van der Waals surface area contributed by atoms with Crippen LogP contribution < -0.4 is 11.1 Å². The van der Waals surface area contributed by atoms with Crippen LogP contribution in [0, 0.1) is 12.7 Å². The van der Waals surface area contributed by atoms with Crippen molar-refractivity contribution in [3.05, 3.63) is 40.4 Å². The minimum atomic E-state index is -0.516. The molecule has 0 fully saturated rings. The Morgan fingerprint density at radius 2 is 2.20 bits per heavy atom. The minimum Gasteiger partial charge on any atom is -0.347 e. The van der Waals surface area contributed by atoms with Gasteiger partial charge in [-0.25, -0.2) is 9.07 Å². The fraction of sp³-hybridized carbons (Fsp3) is 0.438. The molecule has 1 amide bonds. The Labute approximate surface area is 157 Å². The average Bonchev–Trinajstić information content (AvgIpc) is 2.95. The molecule has 9 heteroatoms. The average molecular weight is 390 g/mol. The number of nitrogens with two attached hydrogens (primary N) is 1. The van der Waals surface area contributed by atoms with Crippen LogP contribution in [0.25, 0.3) is 5.69 Å². The predicted molar refractivity (Wildman–Crippen MR) is 98.1 cm³/mol. The topological polar surface area (TPSA) is 85.8 Å². The maximum atomic E-state index is 13.3. The Balaban J connectivity index is 0.00000312. The molecule has 0 aliphatic heterocycles. The summed E-state index contributed by atoms with van der Waals surface area (Å²) in [6.07, 6.45) is 2.84. The molecule has 0 saturated heterocycles. The molecule has 0 aliphatic rings. The van der Waals surface area contributed by atoms with Crippen molar-refractivity contribution < 1.29 is 9.18 Å². The summed E-state index contributed by atoms with van der Waals surface area (Å²) in [6.45, 7) is 4.17. The van der Waals surface area contributed by atoms with Gasteiger partial charge in [0.05, 0.1) is 16.4 Å². The van der Waals surface area contributed by atoms with Gasteiger partial charge < -0.3 is 11.1 Å². The molecule has 1 unspecified atom stereocenters. The van der Waals surface area contributed by atoms with E-state index in [1.54, 1.807) is 6.92 Å². The van der Waals surface area contributed by atoms with Gasteiger partial charge in [-0.3, -0.25) is 4.79 Å². The van der Waals surface area contributed by atoms with E-state index in [4.69, 9.17) is 17.3 Å². The zero-order valence-corrected chi connectivity index (χ0v) is 15.7. The second-order valence-electron chi connectivity index (χ2n) is 5.58. The first-order chi connectivity index (χ1) is 11.5. The maximum absolute atomic E-state index is 13.3. The van der Waals surface area contributed by atoms with Crippen molar-refractivity contribution in [3.63, 3.8) is 0 Å². The van der Waals surface area contributed by atoms with Crippen LogP contribution in [0.1, 0.15) is 42.4 Å². The van der Waals surface area contributed by atoms with E-state index in [9.17, 15) is 9.18 Å². The SMILES string of the molecule is CCCCC(CN)NC(=O)c1nnn(-c2ccc(F)c(Cl)c2)c1C.Cl. The fourth-order valence-electron chi connectivity index (χ4n) is 2.35. The second kappa shape index (κ2) is 9.70. The highest BCUT2D eigenvalue weighted by molar-refractivity contribution is 6.30. The van der Waals surface area contributed by atoms with E-state index in [2.05, 4.69) is 22.6 Å². The summed E-state index contributed by atoms with van der Waals surface area (Å²) in [5.41, 5.74) is 6.99. The number of carbonyl (C=O) groups is 1. The van der Waals surface area contributed by atoms with Crippen LogP contribution >= 0.6 is 24.0 Å². The van der Waals surface area contributed by atoms with Gasteiger partial charge >= 0.3 is 0 Å². The van der Waals surface area contributed by atoms with E-state index in [0.717, 1.165) is 19.3 Å². The van der Waals surface area contributed by atoms with E-state index in [0.29, 0.717) is 17.9 Å². The summed E-state index contributed by atoms with van der Waals surface area (Å²) in [6, 6.07) is 4.11. The summed E-state index contributed by atoms with van der Waals surface area (Å²) in [5.74, 6) is -0.837. The molecule has 0 radical (unpaired) electrons. The first-order valence-electron chi connectivity index (χ1n) is 7.86. The third-order valence-corrected chi connectivity index (χ3v) is 4.07. The highest BCUT2D eigenvalue weighted by Crippen LogP contribution is 2.20. The predicted octanol–water partition coefficient (Wildman–Crippen LogP) is 3.04. The lowest BCUT2D eigenvalue weighted by Crippen LogP contribution is -2.40. The Kier molecular flexibility index (Phi) is 8.28. The quantitative estimate of drug-likeness (QED) is 0.761. The Morgan fingerprint density at radius 3 is 2.80 bits per heavy atom. The number of rotatable bonds is 7. The molecule has 138 valence electrons. The summed E-state index contributed by atoms with van der Waals surface area (Å²) in [5, 5.41) is 10.8. The van der Waals surface area contributed by atoms with Crippen molar-refractivity contribution in [2.45, 2.75) is 39.2 Å². The van der Waals surface area contributed by atoms with Crippen molar-refractivity contribution in [2.24, 2.45) is 5.73 Å². The normalized spacial score (nSPS) is 11.7. The molecule has 2 rings (SSSR count). The zero-order chi connectivity index (χ0) is 17.7. The molecular formula is C16H22Cl2FN5O. The van der Waals surface area contributed by atoms with Crippen LogP contribution in [-0.2, 0) is 0 Å². The maximum Gasteiger partial charge on any atom is 0.274 e. The lowest BCUT2D eigenvalue weighted by atomic mass is 10.1. The van der Waals surface area contributed by atoms with Crippen LogP contribution in [0.15, 0.2) is 18.2 Å². The molecule has 3 N–H and O–H groups in total. The Bertz CT molecular complexity index is 723. The highest BCUT2D eigenvalue weighted by atomic mass is 35.5. The Hall–Kier alpha value is -1.70. The molecule has 6 nitrogen and oxygen atoms in total. The van der Waals surface area contributed by atoms with E-state index < -0.39 is 5.82 Å². The summed E-state index contributed by atoms with van der Waals surface area (Å²) in [4.78, 5) is 12.4. The van der Waals surface area contributed by atoms with Crippen LogP contribution in [0.2, 0.25) is 5.02 Å². The zero-order valence-electron chi connectivity index (χ0n) is 14.1. The van der Waals surface area contributed by atoms with Gasteiger partial charge in [0.1, 0.15) is 5.82 Å². The monoisotopic (exact) mass is 389 g/mol. The smallest absolute Gasteiger partial charge is 0.274 e. The fourth-order valence-corrected chi connectivity index (χ4v) is 2.53. The summed E-state index contributed by atoms with van der Waals surface area (Å²) < 4.78 is 14.7. The van der Waals surface area contributed by atoms with Crippen molar-refractivity contribution in [1.29, 1.82) is 0 Å². The van der Waals surface area contributed by atoms with Crippen LogP contribution in [-0.4, -0.2) is 33.5 Å². The van der Waals surface area contributed by atoms with Gasteiger partial charge in [-0.15, -0.1) is 17.5 Å². The van der Waals surface area contributed by atoms with Crippen LogP contribution in [0.3, 0.4) is 0 Å². The number of amides is 1. The van der Waals surface area contributed by atoms with E-state index in [-0.39, 0.29) is 35.1 Å². The third-order valence-electron chi connectivity index (χ3n) is 3.78. The largest absolute Gasteiger partial charge is 0.347 e. The number of nitrogens with one attached hydrogen (secondary N) is 1. The minimum absolute atomic E-state index is 0. The van der Waals surface area contributed by atoms with Crippen molar-refractivity contribution >= 4 is 29.9 Å². The molecule has 1 atom stereocenters. The van der Waals surface area contributed by atoms with E-state index in [1.807, 2.05) is 0 Å². The summed E-state index contributed by atoms with van der Waals surface area (Å²) >= 11 is 5.79. The van der Waals surface area contributed by atoms with E-state index >= 15 is 0 Å². The van der Waals surface area contributed by atoms with Gasteiger partial charge in [0.2, 0.25) is 0 Å². The van der Waals surface area contributed by atoms with Crippen molar-refractivity contribution in [3.8, 4) is 5.69 Å². The number of halogens is 3. The van der Waals surface area contributed by atoms with Gasteiger partial charge in [0, 0.05) is 12.6 Å². The van der Waals surface area contributed by atoms with Gasteiger partial charge in [-0.2, -0.15) is 0 Å². The van der Waals surface area contributed by atoms with Gasteiger partial charge in [-0.05, 0) is 31.5 Å². The molecule has 0 bridgehead atoms. The number of hydrogen-bond donors (Lipinski definition) is 2. The van der Waals surface area contributed by atoms with E-state index in [1.165, 1.54) is 22.9 Å². The number of aromatic nitrogens is 3. The lowest BCUT2D eigenvalue weighted by Gasteiger charge is -2.15. The van der Waals surface area contributed by atoms with Crippen molar-refractivity contribution in [1.82, 2.24) is 20.3 Å². The van der Waals surface area contributed by atoms with Crippen LogP contribution in [0.4, 0.5) is 4.39 Å². The molecule has 0 saturated carbocycles. The lowest BCUT2D eigenvalue weighted by molar-refractivity contribution is 0.0930. The van der Waals surface area contributed by atoms with Gasteiger partial charge in [0.25, 0.3) is 5.91 Å². The first kappa shape index (κ1) is 21.3. The summed E-state index contributed by atoms with van der Waals surface area (Å²) in [7, 11) is 0. The molecule has 25 heavy (non-hydrogen) atoms. The Morgan fingerprint density at radius 1 is 1.48 bits per heavy atom. The molecule has 1 heterocycles. The number of benzene rings is 1. The molecular weight excluding hydrogens is 368 g/mol. The van der Waals surface area contributed by atoms with Crippen LogP contribution in [0.5, 0.6) is 0 Å². The molecule has 1 aromatic carbocycles. The standard InChI is InChI=1S/C16H21ClFN5O.ClH/c1-3-4-5-11(9-19)20-16(24)15-10(2)23(22-21-15)12-6-7-14(18)13(17)8-12;/h6-8,11H,3-5,9,19H2,1-2H3,(H,20,24);1H. The number of unbranched alkanes of at least 4 members (excludes halogenated alkanes) is 1. The van der Waals surface area contributed by atoms with Gasteiger partial charge in [0.15, 0.2) is 5.69 Å². The highest BCUT2D eigenvalue weighted by Gasteiger charge is 2.20. The number of carbonyl (C=O) groups excluding carboxylic acids is 1. The number of nitrogens with zero attached hydrogens (tertiary/aromatic N) is 3. The molecule has 1 aromatic heterocycles. The molecule has 0 spiro atoms. The second-order valence-corrected chi connectivity index (χ2v) is 5.99.